The van der Waals surface area contributed by atoms with Crippen molar-refractivity contribution in [3.63, 3.8) is 0 Å². The molecule has 2 aliphatic rings. The number of pyridine rings is 1. The van der Waals surface area contributed by atoms with E-state index >= 15 is 0 Å². The maximum atomic E-state index is 12.9. The van der Waals surface area contributed by atoms with Crippen molar-refractivity contribution in [3.8, 4) is 11.1 Å². The van der Waals surface area contributed by atoms with Crippen molar-refractivity contribution in [1.29, 1.82) is 0 Å². The number of aromatic nitrogens is 3. The second kappa shape index (κ2) is 6.92. The van der Waals surface area contributed by atoms with Crippen LogP contribution in [0.4, 0.5) is 0 Å². The fraction of sp³-hybridized carbons (Fsp3) is 0.240. The topological polar surface area (TPSA) is 51.0 Å². The highest BCUT2D eigenvalue weighted by molar-refractivity contribution is 6.32. The number of benzene rings is 2. The summed E-state index contributed by atoms with van der Waals surface area (Å²) in [5, 5.41) is 6.38. The van der Waals surface area contributed by atoms with Gasteiger partial charge < -0.3 is 4.90 Å². The van der Waals surface area contributed by atoms with Crippen LogP contribution in [0.2, 0.25) is 5.02 Å². The van der Waals surface area contributed by atoms with Gasteiger partial charge in [-0.2, -0.15) is 5.10 Å². The molecule has 6 rings (SSSR count). The van der Waals surface area contributed by atoms with E-state index in [0.717, 1.165) is 38.3 Å². The number of aryl methyl sites for hydroxylation is 1. The molecule has 1 aliphatic carbocycles. The molecule has 0 radical (unpaired) electrons. The van der Waals surface area contributed by atoms with E-state index in [1.54, 1.807) is 6.20 Å². The van der Waals surface area contributed by atoms with Gasteiger partial charge in [0.05, 0.1) is 23.3 Å². The van der Waals surface area contributed by atoms with E-state index in [2.05, 4.69) is 28.4 Å². The van der Waals surface area contributed by atoms with E-state index in [4.69, 9.17) is 11.6 Å². The van der Waals surface area contributed by atoms with Crippen LogP contribution in [0.25, 0.3) is 22.0 Å². The Labute approximate surface area is 185 Å². The summed E-state index contributed by atoms with van der Waals surface area (Å²) in [5.41, 5.74) is 7.08. The molecule has 4 aromatic rings. The zero-order chi connectivity index (χ0) is 21.1. The SMILES string of the molecule is Cn1cc2c(-c3cc(Cl)c(CN4Cc5ncccc5C4=O)c(C4CC4)c3)cccc2n1. The molecule has 0 unspecified atom stereocenters. The minimum absolute atomic E-state index is 0.0325. The number of halogens is 1. The van der Waals surface area contributed by atoms with Crippen molar-refractivity contribution in [2.75, 3.05) is 0 Å². The molecule has 2 aromatic carbocycles. The van der Waals surface area contributed by atoms with Gasteiger partial charge in [-0.25, -0.2) is 0 Å². The van der Waals surface area contributed by atoms with Crippen LogP contribution >= 0.6 is 11.6 Å². The van der Waals surface area contributed by atoms with Crippen LogP contribution in [0.3, 0.4) is 0 Å². The number of nitrogens with zero attached hydrogens (tertiary/aromatic N) is 4. The zero-order valence-corrected chi connectivity index (χ0v) is 17.9. The van der Waals surface area contributed by atoms with Crippen molar-refractivity contribution in [2.45, 2.75) is 31.8 Å². The molecule has 5 nitrogen and oxygen atoms in total. The highest BCUT2D eigenvalue weighted by Gasteiger charge is 2.32. The lowest BCUT2D eigenvalue weighted by Crippen LogP contribution is -2.24. The van der Waals surface area contributed by atoms with Crippen LogP contribution in [-0.2, 0) is 20.1 Å². The molecule has 1 aliphatic heterocycles. The molecule has 0 saturated heterocycles. The summed E-state index contributed by atoms with van der Waals surface area (Å²) in [6.45, 7) is 1.05. The lowest BCUT2D eigenvalue weighted by atomic mass is 9.94. The Morgan fingerprint density at radius 1 is 1.13 bits per heavy atom. The number of carbonyl (C=O) groups is 1. The maximum absolute atomic E-state index is 12.9. The fourth-order valence-electron chi connectivity index (χ4n) is 4.65. The average molecular weight is 429 g/mol. The summed E-state index contributed by atoms with van der Waals surface area (Å²) in [5.74, 6) is 0.545. The molecule has 1 amide bonds. The van der Waals surface area contributed by atoms with Crippen LogP contribution in [0.15, 0.2) is 54.9 Å². The van der Waals surface area contributed by atoms with Gasteiger partial charge in [0.2, 0.25) is 0 Å². The Kier molecular flexibility index (Phi) is 4.15. The predicted molar refractivity (Wildman–Crippen MR) is 121 cm³/mol. The third-order valence-corrected chi connectivity index (χ3v) is 6.66. The third kappa shape index (κ3) is 3.12. The van der Waals surface area contributed by atoms with Gasteiger partial charge in [-0.3, -0.25) is 14.5 Å². The molecule has 6 heteroatoms. The number of rotatable bonds is 4. The normalized spacial score (nSPS) is 15.7. The molecule has 31 heavy (non-hydrogen) atoms. The standard InChI is InChI=1S/C25H21ClN4O/c1-29-12-21-17(4-2-6-23(21)28-29)16-10-19(15-7-8-15)20(22(26)11-16)13-30-14-24-18(25(30)31)5-3-9-27-24/h2-6,9-12,15H,7-8,13-14H2,1H3. The van der Waals surface area contributed by atoms with E-state index in [-0.39, 0.29) is 5.91 Å². The minimum atomic E-state index is 0.0325. The van der Waals surface area contributed by atoms with Crippen molar-refractivity contribution in [1.82, 2.24) is 19.7 Å². The summed E-state index contributed by atoms with van der Waals surface area (Å²) in [6, 6.07) is 14.2. The molecular formula is C25H21ClN4O. The molecule has 1 saturated carbocycles. The quantitative estimate of drug-likeness (QED) is 0.442. The van der Waals surface area contributed by atoms with Gasteiger partial charge in [0.15, 0.2) is 0 Å². The molecule has 0 N–H and O–H groups in total. The fourth-order valence-corrected chi connectivity index (χ4v) is 4.94. The number of carbonyl (C=O) groups excluding carboxylic acids is 1. The van der Waals surface area contributed by atoms with Gasteiger partial charge >= 0.3 is 0 Å². The predicted octanol–water partition coefficient (Wildman–Crippen LogP) is 5.32. The second-order valence-electron chi connectivity index (χ2n) is 8.50. The van der Waals surface area contributed by atoms with E-state index in [1.165, 1.54) is 18.4 Å². The first-order valence-electron chi connectivity index (χ1n) is 10.6. The third-order valence-electron chi connectivity index (χ3n) is 6.32. The lowest BCUT2D eigenvalue weighted by molar-refractivity contribution is 0.0766. The number of hydrogen-bond acceptors (Lipinski definition) is 3. The Morgan fingerprint density at radius 2 is 1.97 bits per heavy atom. The van der Waals surface area contributed by atoms with Gasteiger partial charge in [-0.1, -0.05) is 29.8 Å². The Balaban J connectivity index is 1.41. The molecule has 2 aromatic heterocycles. The first-order valence-corrected chi connectivity index (χ1v) is 10.9. The van der Waals surface area contributed by atoms with Crippen LogP contribution in [0.1, 0.15) is 45.9 Å². The van der Waals surface area contributed by atoms with Gasteiger partial charge in [0.1, 0.15) is 0 Å². The molecule has 1 fully saturated rings. The van der Waals surface area contributed by atoms with Crippen LogP contribution in [-0.4, -0.2) is 25.6 Å². The van der Waals surface area contributed by atoms with Crippen LogP contribution in [0, 0.1) is 0 Å². The molecular weight excluding hydrogens is 408 g/mol. The smallest absolute Gasteiger partial charge is 0.256 e. The van der Waals surface area contributed by atoms with Crippen LogP contribution < -0.4 is 0 Å². The summed E-state index contributed by atoms with van der Waals surface area (Å²) < 4.78 is 1.84. The Hall–Kier alpha value is -3.18. The van der Waals surface area contributed by atoms with Crippen molar-refractivity contribution >= 4 is 28.4 Å². The maximum Gasteiger partial charge on any atom is 0.256 e. The van der Waals surface area contributed by atoms with E-state index in [0.29, 0.717) is 24.6 Å². The van der Waals surface area contributed by atoms with E-state index in [1.807, 2.05) is 47.0 Å². The highest BCUT2D eigenvalue weighted by atomic mass is 35.5. The Bertz CT molecular complexity index is 1360. The summed E-state index contributed by atoms with van der Waals surface area (Å²) in [6.07, 6.45) is 6.13. The molecule has 3 heterocycles. The monoisotopic (exact) mass is 428 g/mol. The average Bonchev–Trinajstić information content (AvgIpc) is 3.46. The summed E-state index contributed by atoms with van der Waals surface area (Å²) >= 11 is 6.88. The molecule has 0 bridgehead atoms. The molecule has 154 valence electrons. The van der Waals surface area contributed by atoms with Gasteiger partial charge in [-0.15, -0.1) is 0 Å². The van der Waals surface area contributed by atoms with Crippen LogP contribution in [0.5, 0.6) is 0 Å². The zero-order valence-electron chi connectivity index (χ0n) is 17.2. The number of hydrogen-bond donors (Lipinski definition) is 0. The lowest BCUT2D eigenvalue weighted by Gasteiger charge is -2.20. The Morgan fingerprint density at radius 3 is 2.77 bits per heavy atom. The van der Waals surface area contributed by atoms with Crippen molar-refractivity contribution in [3.05, 3.63) is 82.3 Å². The summed E-state index contributed by atoms with van der Waals surface area (Å²) in [4.78, 5) is 19.1. The molecule has 0 atom stereocenters. The second-order valence-corrected chi connectivity index (χ2v) is 8.91. The first-order chi connectivity index (χ1) is 15.1. The van der Waals surface area contributed by atoms with Gasteiger partial charge in [0, 0.05) is 36.4 Å². The van der Waals surface area contributed by atoms with Crippen molar-refractivity contribution < 1.29 is 4.79 Å². The van der Waals surface area contributed by atoms with E-state index < -0.39 is 0 Å². The summed E-state index contributed by atoms with van der Waals surface area (Å²) in [7, 11) is 1.94. The number of fused-ring (bicyclic) bond motifs is 2. The van der Waals surface area contributed by atoms with Gasteiger partial charge in [0.25, 0.3) is 5.91 Å². The van der Waals surface area contributed by atoms with Gasteiger partial charge in [-0.05, 0) is 65.3 Å². The first kappa shape index (κ1) is 18.6. The van der Waals surface area contributed by atoms with E-state index in [9.17, 15) is 4.79 Å². The molecule has 0 spiro atoms. The number of amides is 1. The minimum Gasteiger partial charge on any atom is -0.328 e. The largest absolute Gasteiger partial charge is 0.328 e. The van der Waals surface area contributed by atoms with Crippen molar-refractivity contribution in [2.24, 2.45) is 7.05 Å². The highest BCUT2D eigenvalue weighted by Crippen LogP contribution is 2.46.